The van der Waals surface area contributed by atoms with Crippen LogP contribution in [0.25, 0.3) is 6.08 Å². The summed E-state index contributed by atoms with van der Waals surface area (Å²) in [5.74, 6) is 1.13. The molecule has 0 aliphatic heterocycles. The fraction of sp³-hybridized carbons (Fsp3) is 0.448. The van der Waals surface area contributed by atoms with Crippen molar-refractivity contribution in [3.05, 3.63) is 70.9 Å². The number of ether oxygens (including phenoxy) is 1. The number of aryl methyl sites for hydroxylation is 1. The molecule has 2 aromatic rings. The lowest BCUT2D eigenvalue weighted by Crippen LogP contribution is -2.52. The maximum absolute atomic E-state index is 6.62. The summed E-state index contributed by atoms with van der Waals surface area (Å²) in [5.41, 5.74) is 7.48. The Kier molecular flexibility index (Phi) is 7.21. The van der Waals surface area contributed by atoms with E-state index >= 15 is 0 Å². The van der Waals surface area contributed by atoms with Crippen molar-refractivity contribution in [3.63, 3.8) is 0 Å². The maximum Gasteiger partial charge on any atom is 0.122 e. The zero-order valence-corrected chi connectivity index (χ0v) is 24.4. The van der Waals surface area contributed by atoms with Crippen LogP contribution in [0.5, 0.6) is 5.75 Å². The molecule has 177 valence electrons. The Morgan fingerprint density at radius 1 is 1.15 bits per heavy atom. The highest BCUT2D eigenvalue weighted by Gasteiger charge is 2.44. The van der Waals surface area contributed by atoms with Crippen LogP contribution < -0.4 is 15.1 Å². The highest BCUT2D eigenvalue weighted by Crippen LogP contribution is 2.44. The van der Waals surface area contributed by atoms with Gasteiger partial charge in [-0.2, -0.15) is 0 Å². The predicted octanol–water partition coefficient (Wildman–Crippen LogP) is 5.97. The number of benzene rings is 2. The Bertz CT molecular complexity index is 1070. The Morgan fingerprint density at radius 3 is 2.33 bits per heavy atom. The van der Waals surface area contributed by atoms with Crippen LogP contribution in [0.1, 0.15) is 48.6 Å². The number of hydrogen-bond donors (Lipinski definition) is 0. The van der Waals surface area contributed by atoms with Crippen molar-refractivity contribution in [2.24, 2.45) is 0 Å². The summed E-state index contributed by atoms with van der Waals surface area (Å²) in [5, 5.41) is 2.98. The maximum atomic E-state index is 6.62. The molecule has 1 radical (unpaired) electrons. The minimum Gasteiger partial charge on any atom is -0.489 e. The standard InChI is InChI=1S/C29H42NOSi2/c1-12-17-31-26-24(18-20(2)27(32(8)9)25(26)29(3,4)5)33(10,11)28-22-16-14-13-15-21(22)19-23(28)30(6)7/h12-16,18-19,28H,1,17H2,2-11H3. The topological polar surface area (TPSA) is 12.5 Å². The lowest BCUT2D eigenvalue weighted by atomic mass is 9.85. The molecular weight excluding hydrogens is 434 g/mol. The van der Waals surface area contributed by atoms with Crippen LogP contribution in [0.2, 0.25) is 26.2 Å². The first-order valence-corrected chi connectivity index (χ1v) is 17.6. The van der Waals surface area contributed by atoms with Crippen molar-refractivity contribution >= 4 is 33.3 Å². The molecule has 0 spiro atoms. The monoisotopic (exact) mass is 476 g/mol. The van der Waals surface area contributed by atoms with Gasteiger partial charge in [-0.3, -0.25) is 0 Å². The van der Waals surface area contributed by atoms with Gasteiger partial charge in [-0.25, -0.2) is 0 Å². The molecule has 33 heavy (non-hydrogen) atoms. The van der Waals surface area contributed by atoms with Gasteiger partial charge in [0.05, 0.1) is 16.9 Å². The van der Waals surface area contributed by atoms with Crippen LogP contribution in [-0.2, 0) is 5.41 Å². The van der Waals surface area contributed by atoms with Gasteiger partial charge >= 0.3 is 0 Å². The van der Waals surface area contributed by atoms with Gasteiger partial charge in [-0.1, -0.05) is 101 Å². The zero-order valence-electron chi connectivity index (χ0n) is 22.4. The van der Waals surface area contributed by atoms with Crippen LogP contribution in [0.4, 0.5) is 0 Å². The molecule has 0 saturated carbocycles. The molecule has 0 aromatic heterocycles. The number of allylic oxidation sites excluding steroid dienone is 1. The summed E-state index contributed by atoms with van der Waals surface area (Å²) in [6.45, 7) is 23.7. The first-order chi connectivity index (χ1) is 15.3. The van der Waals surface area contributed by atoms with Crippen LogP contribution >= 0.6 is 0 Å². The second kappa shape index (κ2) is 9.30. The molecule has 3 rings (SSSR count). The molecule has 1 aliphatic carbocycles. The Hall–Kier alpha value is -2.05. The van der Waals surface area contributed by atoms with Gasteiger partial charge in [0.25, 0.3) is 0 Å². The van der Waals surface area contributed by atoms with Gasteiger partial charge in [-0.15, -0.1) is 0 Å². The summed E-state index contributed by atoms with van der Waals surface area (Å²) < 4.78 is 6.62. The van der Waals surface area contributed by atoms with Gasteiger partial charge in [0.1, 0.15) is 12.4 Å². The fourth-order valence-electron chi connectivity index (χ4n) is 5.54. The second-order valence-corrected chi connectivity index (χ2v) is 18.5. The van der Waals surface area contributed by atoms with Crippen LogP contribution in [0.15, 0.2) is 48.7 Å². The average Bonchev–Trinajstić information content (AvgIpc) is 3.12. The van der Waals surface area contributed by atoms with E-state index in [9.17, 15) is 0 Å². The molecule has 0 bridgehead atoms. The molecule has 1 unspecified atom stereocenters. The van der Waals surface area contributed by atoms with Crippen molar-refractivity contribution in [1.82, 2.24) is 4.90 Å². The quantitative estimate of drug-likeness (QED) is 0.360. The summed E-state index contributed by atoms with van der Waals surface area (Å²) in [6.07, 6.45) is 4.27. The van der Waals surface area contributed by atoms with Gasteiger partial charge in [0, 0.05) is 25.3 Å². The molecular formula is C29H42NOSi2. The second-order valence-electron chi connectivity index (χ2n) is 11.4. The Labute approximate surface area is 205 Å². The molecule has 0 amide bonds. The third-order valence-corrected chi connectivity index (χ3v) is 12.4. The third kappa shape index (κ3) is 4.65. The SMILES string of the molecule is C=CCOc1c([Si](C)(C)C2C(N(C)C)=Cc3ccccc32)cc(C)c([Si](C)C)c1C(C)(C)C. The minimum absolute atomic E-state index is 0.00677. The lowest BCUT2D eigenvalue weighted by molar-refractivity contribution is 0.354. The third-order valence-electron chi connectivity index (χ3n) is 6.91. The van der Waals surface area contributed by atoms with Gasteiger partial charge in [-0.05, 0) is 40.3 Å². The van der Waals surface area contributed by atoms with Crippen LogP contribution in [-0.4, -0.2) is 42.5 Å². The lowest BCUT2D eigenvalue weighted by Gasteiger charge is -2.39. The molecule has 2 aromatic carbocycles. The summed E-state index contributed by atoms with van der Waals surface area (Å²) in [4.78, 5) is 2.31. The van der Waals surface area contributed by atoms with Crippen molar-refractivity contribution < 1.29 is 4.74 Å². The number of hydrogen-bond acceptors (Lipinski definition) is 2. The highest BCUT2D eigenvalue weighted by molar-refractivity contribution is 6.92. The van der Waals surface area contributed by atoms with Crippen molar-refractivity contribution in [2.45, 2.75) is 64.8 Å². The van der Waals surface area contributed by atoms with E-state index in [0.29, 0.717) is 12.1 Å². The van der Waals surface area contributed by atoms with Crippen molar-refractivity contribution in [1.29, 1.82) is 0 Å². The van der Waals surface area contributed by atoms with E-state index < -0.39 is 16.9 Å². The van der Waals surface area contributed by atoms with Crippen LogP contribution in [0, 0.1) is 6.92 Å². The Morgan fingerprint density at radius 2 is 1.79 bits per heavy atom. The molecule has 4 heteroatoms. The van der Waals surface area contributed by atoms with Gasteiger partial charge < -0.3 is 9.64 Å². The summed E-state index contributed by atoms with van der Waals surface area (Å²) in [7, 11) is 1.63. The number of likely N-dealkylation sites (N-methyl/N-ethyl adjacent to an activating group) is 1. The van der Waals surface area contributed by atoms with Crippen LogP contribution in [0.3, 0.4) is 0 Å². The van der Waals surface area contributed by atoms with Gasteiger partial charge in [0.15, 0.2) is 0 Å². The fourth-order valence-corrected chi connectivity index (χ4v) is 11.2. The zero-order chi connectivity index (χ0) is 24.7. The van der Waals surface area contributed by atoms with Crippen molar-refractivity contribution in [2.75, 3.05) is 20.7 Å². The van der Waals surface area contributed by atoms with E-state index in [0.717, 1.165) is 5.75 Å². The first-order valence-electron chi connectivity index (χ1n) is 12.0. The molecule has 2 nitrogen and oxygen atoms in total. The number of nitrogens with zero attached hydrogens (tertiary/aromatic N) is 1. The molecule has 0 saturated heterocycles. The molecule has 0 heterocycles. The number of fused-ring (bicyclic) bond motifs is 1. The number of rotatable bonds is 7. The summed E-state index contributed by atoms with van der Waals surface area (Å²) >= 11 is 0. The molecule has 1 aliphatic rings. The van der Waals surface area contributed by atoms with E-state index in [2.05, 4.69) is 116 Å². The van der Waals surface area contributed by atoms with Gasteiger partial charge in [0.2, 0.25) is 0 Å². The largest absolute Gasteiger partial charge is 0.489 e. The smallest absolute Gasteiger partial charge is 0.122 e. The minimum atomic E-state index is -2.08. The van der Waals surface area contributed by atoms with E-state index in [1.807, 2.05) is 6.08 Å². The van der Waals surface area contributed by atoms with E-state index in [1.165, 1.54) is 38.3 Å². The molecule has 0 N–H and O–H groups in total. The molecule has 0 fully saturated rings. The Balaban J connectivity index is 2.36. The predicted molar refractivity (Wildman–Crippen MR) is 151 cm³/mol. The average molecular weight is 477 g/mol. The summed E-state index contributed by atoms with van der Waals surface area (Å²) in [6, 6.07) is 11.4. The van der Waals surface area contributed by atoms with E-state index in [1.54, 1.807) is 0 Å². The highest BCUT2D eigenvalue weighted by atomic mass is 28.3. The first kappa shape index (κ1) is 25.6. The normalized spacial score (nSPS) is 16.0. The van der Waals surface area contributed by atoms with E-state index in [-0.39, 0.29) is 5.41 Å². The van der Waals surface area contributed by atoms with E-state index in [4.69, 9.17) is 4.74 Å². The molecule has 1 atom stereocenters. The van der Waals surface area contributed by atoms with Crippen molar-refractivity contribution in [3.8, 4) is 5.75 Å².